The van der Waals surface area contributed by atoms with Crippen LogP contribution >= 0.6 is 11.3 Å². The molecule has 5 amide bonds. The van der Waals surface area contributed by atoms with Crippen LogP contribution in [0.25, 0.3) is 0 Å². The maximum absolute atomic E-state index is 13.6. The monoisotopic (exact) mass is 676 g/mol. The van der Waals surface area contributed by atoms with Crippen molar-refractivity contribution in [3.05, 3.63) is 81.8 Å². The molecule has 0 spiro atoms. The molecule has 2 heterocycles. The summed E-state index contributed by atoms with van der Waals surface area (Å²) >= 11 is 1.55. The Labute approximate surface area is 285 Å². The second-order valence-corrected chi connectivity index (χ2v) is 13.2. The third-order valence-corrected chi connectivity index (χ3v) is 8.84. The number of amides is 5. The summed E-state index contributed by atoms with van der Waals surface area (Å²) in [6.07, 6.45) is 1.32. The maximum Gasteiger partial charge on any atom is 0.255 e. The maximum atomic E-state index is 13.6. The highest BCUT2D eigenvalue weighted by Crippen LogP contribution is 2.20. The molecular weight excluding hydrogens is 632 g/mol. The molecule has 0 unspecified atom stereocenters. The summed E-state index contributed by atoms with van der Waals surface area (Å²) in [6, 6.07) is 13.5. The lowest BCUT2D eigenvalue weighted by molar-refractivity contribution is -0.139. The number of nitrogens with one attached hydrogen (secondary N) is 4. The van der Waals surface area contributed by atoms with Crippen molar-refractivity contribution in [2.24, 2.45) is 5.92 Å². The van der Waals surface area contributed by atoms with Crippen LogP contribution in [0.5, 0.6) is 5.75 Å². The molecule has 2 aromatic carbocycles. The number of carbonyl (C=O) groups is 5. The minimum atomic E-state index is -1.24. The van der Waals surface area contributed by atoms with E-state index in [1.807, 2.05) is 42.6 Å². The zero-order valence-electron chi connectivity index (χ0n) is 27.8. The molecule has 0 aliphatic carbocycles. The van der Waals surface area contributed by atoms with Gasteiger partial charge in [-0.3, -0.25) is 24.0 Å². The van der Waals surface area contributed by atoms with Crippen LogP contribution in [0.4, 0.5) is 0 Å². The van der Waals surface area contributed by atoms with Crippen LogP contribution in [0, 0.1) is 12.8 Å². The van der Waals surface area contributed by atoms with Crippen molar-refractivity contribution in [3.8, 4) is 5.75 Å². The number of hydrogen-bond donors (Lipinski definition) is 4. The van der Waals surface area contributed by atoms with Gasteiger partial charge in [0.2, 0.25) is 23.6 Å². The fourth-order valence-corrected chi connectivity index (χ4v) is 6.11. The van der Waals surface area contributed by atoms with Crippen LogP contribution < -0.4 is 26.0 Å². The van der Waals surface area contributed by atoms with E-state index in [4.69, 9.17) is 4.74 Å². The van der Waals surface area contributed by atoms with Crippen molar-refractivity contribution in [1.29, 1.82) is 0 Å². The third kappa shape index (κ3) is 10.6. The molecule has 0 fully saturated rings. The number of para-hydroxylation sites is 1. The number of fused-ring (bicyclic) bond motifs is 1. The summed E-state index contributed by atoms with van der Waals surface area (Å²) in [7, 11) is 1.50. The van der Waals surface area contributed by atoms with Crippen molar-refractivity contribution >= 4 is 40.9 Å². The number of nitrogens with zero attached hydrogens (tertiary/aromatic N) is 2. The third-order valence-electron chi connectivity index (χ3n) is 7.81. The van der Waals surface area contributed by atoms with Crippen LogP contribution in [0.2, 0.25) is 0 Å². The number of likely N-dealkylation sites (N-methyl/N-ethyl adjacent to an activating group) is 1. The van der Waals surface area contributed by atoms with Gasteiger partial charge in [-0.1, -0.05) is 56.3 Å². The summed E-state index contributed by atoms with van der Waals surface area (Å²) in [6.45, 7) is 5.57. The zero-order chi connectivity index (χ0) is 34.6. The summed E-state index contributed by atoms with van der Waals surface area (Å²) in [5.41, 5.74) is 2.07. The first-order chi connectivity index (χ1) is 23.0. The number of hydrogen-bond acceptors (Lipinski definition) is 8. The molecule has 48 heavy (non-hydrogen) atoms. The van der Waals surface area contributed by atoms with Gasteiger partial charge in [0, 0.05) is 31.1 Å². The molecule has 3 aromatic rings. The molecule has 3 atom stereocenters. The van der Waals surface area contributed by atoms with Crippen molar-refractivity contribution in [2.45, 2.75) is 64.6 Å². The zero-order valence-corrected chi connectivity index (χ0v) is 28.6. The molecule has 13 heteroatoms. The van der Waals surface area contributed by atoms with E-state index in [0.29, 0.717) is 25.8 Å². The number of aromatic nitrogens is 1. The minimum Gasteiger partial charge on any atom is -0.491 e. The van der Waals surface area contributed by atoms with Crippen LogP contribution in [0.15, 0.2) is 60.0 Å². The van der Waals surface area contributed by atoms with Gasteiger partial charge in [-0.15, -0.1) is 11.3 Å². The van der Waals surface area contributed by atoms with Gasteiger partial charge in [0.1, 0.15) is 24.4 Å². The first-order valence-corrected chi connectivity index (χ1v) is 17.0. The van der Waals surface area contributed by atoms with Gasteiger partial charge >= 0.3 is 0 Å². The summed E-state index contributed by atoms with van der Waals surface area (Å²) in [5.74, 6) is -2.67. The highest BCUT2D eigenvalue weighted by atomic mass is 32.1. The van der Waals surface area contributed by atoms with Gasteiger partial charge < -0.3 is 30.9 Å². The lowest BCUT2D eigenvalue weighted by Crippen LogP contribution is -2.54. The van der Waals surface area contributed by atoms with E-state index in [2.05, 4.69) is 26.3 Å². The largest absolute Gasteiger partial charge is 0.491 e. The second-order valence-electron chi connectivity index (χ2n) is 12.3. The van der Waals surface area contributed by atoms with Gasteiger partial charge in [-0.05, 0) is 43.4 Å². The Morgan fingerprint density at radius 1 is 1.02 bits per heavy atom. The van der Waals surface area contributed by atoms with Crippen molar-refractivity contribution in [2.75, 3.05) is 26.7 Å². The molecule has 0 radical (unpaired) electrons. The summed E-state index contributed by atoms with van der Waals surface area (Å²) in [4.78, 5) is 72.7. The van der Waals surface area contributed by atoms with Gasteiger partial charge in [-0.2, -0.15) is 0 Å². The fourth-order valence-electron chi connectivity index (χ4n) is 5.29. The lowest BCUT2D eigenvalue weighted by atomic mass is 10.0. The normalized spacial score (nSPS) is 19.8. The molecule has 4 rings (SSSR count). The molecule has 0 bridgehead atoms. The van der Waals surface area contributed by atoms with Gasteiger partial charge in [0.25, 0.3) is 5.91 Å². The first kappa shape index (κ1) is 36.1. The van der Waals surface area contributed by atoms with Crippen LogP contribution in [0.1, 0.15) is 53.3 Å². The summed E-state index contributed by atoms with van der Waals surface area (Å²) in [5, 5.41) is 14.2. The highest BCUT2D eigenvalue weighted by molar-refractivity contribution is 7.09. The predicted molar refractivity (Wildman–Crippen MR) is 182 cm³/mol. The minimum absolute atomic E-state index is 0.0276. The fraction of sp³-hybridized carbons (Fsp3) is 0.429. The average Bonchev–Trinajstić information content (AvgIpc) is 3.48. The average molecular weight is 677 g/mol. The van der Waals surface area contributed by atoms with Crippen LogP contribution in [-0.2, 0) is 32.0 Å². The Kier molecular flexibility index (Phi) is 13.1. The van der Waals surface area contributed by atoms with Crippen molar-refractivity contribution in [1.82, 2.24) is 31.2 Å². The SMILES string of the molecule is Cc1csc(CCCNC(=O)[C@@H]2CC(=O)N[C@@H](C(C)C)C(=O)N(C)CC(=O)N[C@H](Cc3ccccc3)COc3ccccc3C(=O)N2)n1. The van der Waals surface area contributed by atoms with Crippen LogP contribution in [0.3, 0.4) is 0 Å². The molecule has 1 aliphatic heterocycles. The van der Waals surface area contributed by atoms with E-state index in [9.17, 15) is 24.0 Å². The van der Waals surface area contributed by atoms with E-state index in [1.54, 1.807) is 49.4 Å². The molecule has 4 N–H and O–H groups in total. The lowest BCUT2D eigenvalue weighted by Gasteiger charge is -2.28. The van der Waals surface area contributed by atoms with Crippen molar-refractivity contribution < 1.29 is 28.7 Å². The van der Waals surface area contributed by atoms with E-state index < -0.39 is 54.1 Å². The number of ether oxygens (including phenoxy) is 1. The molecule has 0 saturated carbocycles. The van der Waals surface area contributed by atoms with Crippen molar-refractivity contribution in [3.63, 3.8) is 0 Å². The van der Waals surface area contributed by atoms with E-state index in [0.717, 1.165) is 16.3 Å². The second kappa shape index (κ2) is 17.4. The van der Waals surface area contributed by atoms with Gasteiger partial charge in [0.05, 0.1) is 29.6 Å². The van der Waals surface area contributed by atoms with Gasteiger partial charge in [-0.25, -0.2) is 4.98 Å². The predicted octanol–water partition coefficient (Wildman–Crippen LogP) is 2.41. The molecule has 12 nitrogen and oxygen atoms in total. The molecule has 1 aromatic heterocycles. The standard InChI is InChI=1S/C35H44N6O6S/c1-22(2)32-35(46)41(4)19-30(43)38-25(17-24-11-6-5-7-12-24)20-47-28-14-9-8-13-26(28)33(44)39-27(18-29(42)40-32)34(45)36-16-10-15-31-37-23(3)21-48-31/h5-9,11-14,21-22,25,27,32H,10,15-20H2,1-4H3,(H,36,45)(H,38,43)(H,39,44)(H,40,42)/t25-,27+,32+/m1/s1. The Bertz CT molecular complexity index is 1580. The Morgan fingerprint density at radius 3 is 2.46 bits per heavy atom. The molecule has 256 valence electrons. The smallest absolute Gasteiger partial charge is 0.255 e. The van der Waals surface area contributed by atoms with E-state index >= 15 is 0 Å². The molecule has 0 saturated heterocycles. The Hall–Kier alpha value is -4.78. The number of carbonyl (C=O) groups excluding carboxylic acids is 5. The summed E-state index contributed by atoms with van der Waals surface area (Å²) < 4.78 is 6.11. The Balaban J connectivity index is 1.58. The number of thiazole rings is 1. The number of rotatable bonds is 8. The van der Waals surface area contributed by atoms with E-state index in [-0.39, 0.29) is 30.4 Å². The number of aryl methyl sites for hydroxylation is 2. The topological polar surface area (TPSA) is 159 Å². The quantitative estimate of drug-likeness (QED) is 0.267. The number of benzene rings is 2. The highest BCUT2D eigenvalue weighted by Gasteiger charge is 2.32. The molecule has 1 aliphatic rings. The first-order valence-electron chi connectivity index (χ1n) is 16.1. The van der Waals surface area contributed by atoms with Gasteiger partial charge in [0.15, 0.2) is 0 Å². The molecular formula is C35H44N6O6S. The van der Waals surface area contributed by atoms with E-state index in [1.165, 1.54) is 11.9 Å². The van der Waals surface area contributed by atoms with Crippen LogP contribution in [-0.4, -0.2) is 84.3 Å². The Morgan fingerprint density at radius 2 is 1.75 bits per heavy atom.